The van der Waals surface area contributed by atoms with Gasteiger partial charge in [-0.25, -0.2) is 9.82 Å². The number of rotatable bonds is 5. The van der Waals surface area contributed by atoms with Crippen LogP contribution in [0, 0.1) is 6.92 Å². The number of aromatic nitrogens is 1. The standard InChI is InChI=1S/C13H16N2O.C2H6/c1-5-7-11(6-2)13-12(15-16-4)9-8-10(3)14-13;1-2/h5-9,15H,1-2H2,3-4H3;1-2H3/p+1/b11-7+;. The Morgan fingerprint density at radius 2 is 2.00 bits per heavy atom. The van der Waals surface area contributed by atoms with Crippen LogP contribution in [0.4, 0.5) is 5.69 Å². The summed E-state index contributed by atoms with van der Waals surface area (Å²) in [4.78, 5) is 9.51. The molecule has 18 heavy (non-hydrogen) atoms. The van der Waals surface area contributed by atoms with Crippen LogP contribution in [-0.2, 0) is 4.84 Å². The van der Waals surface area contributed by atoms with Gasteiger partial charge < -0.3 is 0 Å². The van der Waals surface area contributed by atoms with Crippen molar-refractivity contribution in [3.63, 3.8) is 0 Å². The SMILES string of the molecule is C=C/C=C(\C=C)c1nc(C)ccc1[NH2+]OC.CC. The zero-order valence-electron chi connectivity index (χ0n) is 11.7. The summed E-state index contributed by atoms with van der Waals surface area (Å²) in [7, 11) is 1.62. The molecule has 0 aromatic carbocycles. The number of quaternary nitrogens is 1. The van der Waals surface area contributed by atoms with Crippen molar-refractivity contribution in [2.45, 2.75) is 20.8 Å². The highest BCUT2D eigenvalue weighted by Gasteiger charge is 2.10. The van der Waals surface area contributed by atoms with Gasteiger partial charge in [0.2, 0.25) is 0 Å². The monoisotopic (exact) mass is 247 g/mol. The normalized spacial score (nSPS) is 10.3. The number of nitrogens with zero attached hydrogens (tertiary/aromatic N) is 1. The molecule has 1 heterocycles. The molecule has 1 rings (SSSR count). The average molecular weight is 247 g/mol. The topological polar surface area (TPSA) is 38.7 Å². The number of hydrogen-bond acceptors (Lipinski definition) is 2. The fourth-order valence-electron chi connectivity index (χ4n) is 1.39. The minimum absolute atomic E-state index is 0.858. The molecule has 0 unspecified atom stereocenters. The lowest BCUT2D eigenvalue weighted by Gasteiger charge is -2.06. The van der Waals surface area contributed by atoms with Gasteiger partial charge in [-0.05, 0) is 13.0 Å². The first-order chi connectivity index (χ1) is 8.72. The minimum atomic E-state index is 0.858. The lowest BCUT2D eigenvalue weighted by Crippen LogP contribution is -2.76. The Balaban J connectivity index is 0.00000137. The number of aryl methyl sites for hydroxylation is 1. The summed E-state index contributed by atoms with van der Waals surface area (Å²) in [5, 5.41) is 0. The van der Waals surface area contributed by atoms with Crippen molar-refractivity contribution in [3.05, 3.63) is 54.9 Å². The van der Waals surface area contributed by atoms with Crippen LogP contribution in [-0.4, -0.2) is 12.1 Å². The van der Waals surface area contributed by atoms with Gasteiger partial charge >= 0.3 is 0 Å². The molecule has 0 radical (unpaired) electrons. The summed E-state index contributed by atoms with van der Waals surface area (Å²) in [5.74, 6) is 0. The summed E-state index contributed by atoms with van der Waals surface area (Å²) >= 11 is 0. The maximum absolute atomic E-state index is 5.03. The van der Waals surface area contributed by atoms with Gasteiger partial charge in [-0.2, -0.15) is 5.48 Å². The van der Waals surface area contributed by atoms with E-state index in [4.69, 9.17) is 4.84 Å². The van der Waals surface area contributed by atoms with Crippen LogP contribution in [0.5, 0.6) is 0 Å². The molecular formula is C15H23N2O+. The number of hydrogen-bond donors (Lipinski definition) is 1. The molecule has 98 valence electrons. The number of allylic oxidation sites excluding steroid dienone is 4. The summed E-state index contributed by atoms with van der Waals surface area (Å²) in [5.41, 5.74) is 5.35. The van der Waals surface area contributed by atoms with E-state index in [1.807, 2.05) is 39.0 Å². The molecule has 0 atom stereocenters. The van der Waals surface area contributed by atoms with E-state index < -0.39 is 0 Å². The molecule has 3 nitrogen and oxygen atoms in total. The van der Waals surface area contributed by atoms with Crippen LogP contribution in [0.2, 0.25) is 0 Å². The number of nitrogens with two attached hydrogens (primary N) is 1. The van der Waals surface area contributed by atoms with E-state index in [-0.39, 0.29) is 0 Å². The first kappa shape index (κ1) is 16.3. The van der Waals surface area contributed by atoms with E-state index in [2.05, 4.69) is 18.1 Å². The Hall–Kier alpha value is -1.71. The Morgan fingerprint density at radius 1 is 1.33 bits per heavy atom. The predicted molar refractivity (Wildman–Crippen MR) is 77.3 cm³/mol. The summed E-state index contributed by atoms with van der Waals surface area (Å²) in [6, 6.07) is 3.92. The molecule has 0 aliphatic rings. The third-order valence-electron chi connectivity index (χ3n) is 2.10. The molecular weight excluding hydrogens is 224 g/mol. The van der Waals surface area contributed by atoms with Gasteiger partial charge in [0.25, 0.3) is 0 Å². The Labute approximate surface area is 110 Å². The minimum Gasteiger partial charge on any atom is -0.247 e. The van der Waals surface area contributed by atoms with Crippen LogP contribution < -0.4 is 5.48 Å². The highest BCUT2D eigenvalue weighted by molar-refractivity contribution is 5.77. The van der Waals surface area contributed by atoms with Gasteiger partial charge in [-0.15, -0.1) is 0 Å². The summed E-state index contributed by atoms with van der Waals surface area (Å²) in [6.45, 7) is 13.4. The van der Waals surface area contributed by atoms with E-state index in [1.54, 1.807) is 24.7 Å². The number of pyridine rings is 1. The van der Waals surface area contributed by atoms with Crippen molar-refractivity contribution in [1.29, 1.82) is 0 Å². The highest BCUT2D eigenvalue weighted by atomic mass is 16.6. The summed E-state index contributed by atoms with van der Waals surface area (Å²) in [6.07, 6.45) is 5.36. The zero-order chi connectivity index (χ0) is 14.0. The van der Waals surface area contributed by atoms with Gasteiger partial charge in [0.15, 0.2) is 5.69 Å². The van der Waals surface area contributed by atoms with Crippen molar-refractivity contribution in [2.75, 3.05) is 7.11 Å². The third kappa shape index (κ3) is 4.65. The smallest absolute Gasteiger partial charge is 0.188 e. The maximum Gasteiger partial charge on any atom is 0.188 e. The predicted octanol–water partition coefficient (Wildman–Crippen LogP) is 2.93. The van der Waals surface area contributed by atoms with Crippen molar-refractivity contribution >= 4 is 11.3 Å². The second-order valence-electron chi connectivity index (χ2n) is 3.31. The molecule has 0 bridgehead atoms. The molecule has 0 aliphatic carbocycles. The van der Waals surface area contributed by atoms with Crippen molar-refractivity contribution in [1.82, 2.24) is 4.98 Å². The Bertz CT molecular complexity index is 423. The fourth-order valence-corrected chi connectivity index (χ4v) is 1.39. The van der Waals surface area contributed by atoms with Crippen LogP contribution in [0.3, 0.4) is 0 Å². The first-order valence-corrected chi connectivity index (χ1v) is 6.02. The summed E-state index contributed by atoms with van der Waals surface area (Å²) < 4.78 is 0. The van der Waals surface area contributed by atoms with Gasteiger partial charge in [-0.1, -0.05) is 45.2 Å². The molecule has 1 aromatic heterocycles. The largest absolute Gasteiger partial charge is 0.247 e. The zero-order valence-corrected chi connectivity index (χ0v) is 11.7. The van der Waals surface area contributed by atoms with E-state index >= 15 is 0 Å². The quantitative estimate of drug-likeness (QED) is 0.642. The molecule has 0 saturated carbocycles. The van der Waals surface area contributed by atoms with Crippen molar-refractivity contribution in [3.8, 4) is 0 Å². The van der Waals surface area contributed by atoms with Crippen molar-refractivity contribution < 1.29 is 10.3 Å². The van der Waals surface area contributed by atoms with Crippen LogP contribution in [0.15, 0.2) is 43.5 Å². The van der Waals surface area contributed by atoms with Crippen LogP contribution in [0.25, 0.3) is 5.57 Å². The molecule has 1 aromatic rings. The van der Waals surface area contributed by atoms with E-state index in [0.29, 0.717) is 0 Å². The molecule has 0 aliphatic heterocycles. The lowest BCUT2D eigenvalue weighted by atomic mass is 10.1. The molecule has 3 heteroatoms. The lowest BCUT2D eigenvalue weighted by molar-refractivity contribution is -0.830. The molecule has 0 saturated heterocycles. The van der Waals surface area contributed by atoms with Gasteiger partial charge in [0.1, 0.15) is 5.69 Å². The van der Waals surface area contributed by atoms with Gasteiger partial charge in [-0.3, -0.25) is 0 Å². The highest BCUT2D eigenvalue weighted by Crippen LogP contribution is 2.19. The molecule has 0 spiro atoms. The second kappa shape index (κ2) is 9.33. The molecule has 2 N–H and O–H groups in total. The third-order valence-corrected chi connectivity index (χ3v) is 2.10. The fraction of sp³-hybridized carbons (Fsp3) is 0.267. The molecule has 0 fully saturated rings. The van der Waals surface area contributed by atoms with Crippen LogP contribution in [0.1, 0.15) is 25.2 Å². The van der Waals surface area contributed by atoms with Gasteiger partial charge in [0, 0.05) is 17.3 Å². The van der Waals surface area contributed by atoms with Crippen molar-refractivity contribution in [2.24, 2.45) is 0 Å². The second-order valence-corrected chi connectivity index (χ2v) is 3.31. The van der Waals surface area contributed by atoms with Crippen LogP contribution >= 0.6 is 0 Å². The Kier molecular flexibility index (Phi) is 8.45. The molecule has 0 amide bonds. The Morgan fingerprint density at radius 3 is 2.50 bits per heavy atom. The first-order valence-electron chi connectivity index (χ1n) is 6.02. The van der Waals surface area contributed by atoms with Gasteiger partial charge in [0.05, 0.1) is 7.11 Å². The van der Waals surface area contributed by atoms with E-state index in [9.17, 15) is 0 Å². The van der Waals surface area contributed by atoms with E-state index in [1.165, 1.54) is 0 Å². The maximum atomic E-state index is 5.03. The van der Waals surface area contributed by atoms with E-state index in [0.717, 1.165) is 22.6 Å². The average Bonchev–Trinajstić information content (AvgIpc) is 2.41.